The minimum atomic E-state index is -0.408. The second-order valence-corrected chi connectivity index (χ2v) is 4.04. The van der Waals surface area contributed by atoms with Gasteiger partial charge in [-0.1, -0.05) is 12.1 Å². The highest BCUT2D eigenvalue weighted by atomic mass is 16.2. The first kappa shape index (κ1) is 11.3. The van der Waals surface area contributed by atoms with E-state index in [9.17, 15) is 9.59 Å². The lowest BCUT2D eigenvalue weighted by molar-refractivity contribution is 0.0945. The minimum absolute atomic E-state index is 0.195. The van der Waals surface area contributed by atoms with Crippen LogP contribution in [0.3, 0.4) is 0 Å². The Hall–Kier alpha value is -2.83. The van der Waals surface area contributed by atoms with Gasteiger partial charge in [0.05, 0.1) is 17.6 Å². The summed E-state index contributed by atoms with van der Waals surface area (Å²) in [7, 11) is 0. The first-order chi connectivity index (χ1) is 9.22. The quantitative estimate of drug-likeness (QED) is 0.549. The number of fused-ring (bicyclic) bond motifs is 1. The van der Waals surface area contributed by atoms with E-state index >= 15 is 0 Å². The summed E-state index contributed by atoms with van der Waals surface area (Å²) < 4.78 is 0. The molecule has 0 aliphatic rings. The molecule has 2 aromatic heterocycles. The lowest BCUT2D eigenvalue weighted by atomic mass is 10.3. The van der Waals surface area contributed by atoms with E-state index < -0.39 is 5.69 Å². The molecule has 0 atom stereocenters. The summed E-state index contributed by atoms with van der Waals surface area (Å²) in [4.78, 5) is 34.8. The fraction of sp³-hybridized carbons (Fsp3) is 0.0833. The van der Waals surface area contributed by atoms with Crippen molar-refractivity contribution in [1.29, 1.82) is 0 Å². The molecule has 19 heavy (non-hydrogen) atoms. The molecular weight excluding hydrogens is 246 g/mol. The van der Waals surface area contributed by atoms with Gasteiger partial charge in [-0.15, -0.1) is 0 Å². The third-order valence-electron chi connectivity index (χ3n) is 2.70. The summed E-state index contributed by atoms with van der Waals surface area (Å²) in [6.45, 7) is 0.265. The van der Waals surface area contributed by atoms with Crippen LogP contribution >= 0.6 is 0 Å². The van der Waals surface area contributed by atoms with Crippen LogP contribution in [0.25, 0.3) is 11.0 Å². The standard InChI is InChI=1S/C12H11N5O2/c18-11(9-5-14-12(19)17-9)13-6-10-15-7-3-1-2-4-8(7)16-10/h1-5H,6H2,(H,13,18)(H,15,16)(H2,14,17,19). The number of para-hydroxylation sites is 2. The summed E-state index contributed by atoms with van der Waals surface area (Å²) in [6, 6.07) is 7.61. The van der Waals surface area contributed by atoms with Crippen LogP contribution in [0.15, 0.2) is 35.3 Å². The zero-order chi connectivity index (χ0) is 13.2. The number of nitrogens with one attached hydrogen (secondary N) is 4. The molecule has 0 unspecified atom stereocenters. The second kappa shape index (κ2) is 4.45. The Morgan fingerprint density at radius 2 is 2.11 bits per heavy atom. The maximum Gasteiger partial charge on any atom is 0.323 e. The van der Waals surface area contributed by atoms with Crippen LogP contribution in [0.1, 0.15) is 16.3 Å². The summed E-state index contributed by atoms with van der Waals surface area (Å²) in [5.74, 6) is 0.297. The van der Waals surface area contributed by atoms with Crippen molar-refractivity contribution in [3.8, 4) is 0 Å². The van der Waals surface area contributed by atoms with Gasteiger partial charge in [-0.25, -0.2) is 9.78 Å². The van der Waals surface area contributed by atoms with Crippen LogP contribution < -0.4 is 11.0 Å². The fourth-order valence-electron chi connectivity index (χ4n) is 1.80. The van der Waals surface area contributed by atoms with E-state index in [0.29, 0.717) is 5.82 Å². The number of nitrogens with zero attached hydrogens (tertiary/aromatic N) is 1. The number of rotatable bonds is 3. The molecule has 0 radical (unpaired) electrons. The minimum Gasteiger partial charge on any atom is -0.343 e. The number of carbonyl (C=O) groups excluding carboxylic acids is 1. The number of imidazole rings is 2. The number of hydrogen-bond acceptors (Lipinski definition) is 3. The van der Waals surface area contributed by atoms with Gasteiger partial charge in [0.25, 0.3) is 5.91 Å². The molecule has 2 heterocycles. The third-order valence-corrected chi connectivity index (χ3v) is 2.70. The average molecular weight is 257 g/mol. The number of H-pyrrole nitrogens is 3. The summed E-state index contributed by atoms with van der Waals surface area (Å²) in [6.07, 6.45) is 1.33. The zero-order valence-corrected chi connectivity index (χ0v) is 9.86. The number of benzene rings is 1. The highest BCUT2D eigenvalue weighted by Gasteiger charge is 2.08. The molecule has 3 rings (SSSR count). The molecule has 7 heteroatoms. The van der Waals surface area contributed by atoms with Gasteiger partial charge in [0.15, 0.2) is 0 Å². The highest BCUT2D eigenvalue weighted by Crippen LogP contribution is 2.09. The van der Waals surface area contributed by atoms with Gasteiger partial charge in [-0.3, -0.25) is 4.79 Å². The SMILES string of the molecule is O=C(NCc1nc2ccccc2[nH]1)c1c[nH]c(=O)[nH]1. The lowest BCUT2D eigenvalue weighted by Gasteiger charge is -1.99. The van der Waals surface area contributed by atoms with Gasteiger partial charge in [-0.2, -0.15) is 0 Å². The Bertz CT molecular complexity index is 749. The molecule has 7 nitrogen and oxygen atoms in total. The molecule has 1 aromatic carbocycles. The van der Waals surface area contributed by atoms with Crippen LogP contribution in [-0.4, -0.2) is 25.8 Å². The normalized spacial score (nSPS) is 10.7. The Labute approximate surface area is 107 Å². The molecule has 3 aromatic rings. The maximum absolute atomic E-state index is 11.7. The highest BCUT2D eigenvalue weighted by molar-refractivity contribution is 5.91. The van der Waals surface area contributed by atoms with Crippen molar-refractivity contribution >= 4 is 16.9 Å². The summed E-state index contributed by atoms with van der Waals surface area (Å²) >= 11 is 0. The molecular formula is C12H11N5O2. The van der Waals surface area contributed by atoms with Crippen molar-refractivity contribution in [2.75, 3.05) is 0 Å². The number of aromatic amines is 3. The molecule has 0 saturated heterocycles. The number of amides is 1. The van der Waals surface area contributed by atoms with Crippen molar-refractivity contribution in [3.63, 3.8) is 0 Å². The molecule has 96 valence electrons. The summed E-state index contributed by atoms with van der Waals surface area (Å²) in [5, 5.41) is 2.67. The van der Waals surface area contributed by atoms with Gasteiger partial charge in [0.2, 0.25) is 0 Å². The Morgan fingerprint density at radius 3 is 2.84 bits per heavy atom. The van der Waals surface area contributed by atoms with E-state index in [1.807, 2.05) is 24.3 Å². The van der Waals surface area contributed by atoms with E-state index in [-0.39, 0.29) is 18.1 Å². The largest absolute Gasteiger partial charge is 0.343 e. The van der Waals surface area contributed by atoms with Crippen molar-refractivity contribution in [1.82, 2.24) is 25.3 Å². The first-order valence-corrected chi connectivity index (χ1v) is 5.72. The van der Waals surface area contributed by atoms with Crippen LogP contribution in [0, 0.1) is 0 Å². The van der Waals surface area contributed by atoms with Gasteiger partial charge in [-0.05, 0) is 12.1 Å². The van der Waals surface area contributed by atoms with Crippen LogP contribution in [0.4, 0.5) is 0 Å². The van der Waals surface area contributed by atoms with Gasteiger partial charge in [0.1, 0.15) is 11.5 Å². The van der Waals surface area contributed by atoms with Gasteiger partial charge >= 0.3 is 5.69 Å². The molecule has 1 amide bonds. The van der Waals surface area contributed by atoms with E-state index in [0.717, 1.165) is 11.0 Å². The van der Waals surface area contributed by atoms with Crippen LogP contribution in [0.5, 0.6) is 0 Å². The van der Waals surface area contributed by atoms with Crippen LogP contribution in [0.2, 0.25) is 0 Å². The lowest BCUT2D eigenvalue weighted by Crippen LogP contribution is -2.24. The fourth-order valence-corrected chi connectivity index (χ4v) is 1.80. The number of carbonyl (C=O) groups is 1. The molecule has 0 aliphatic carbocycles. The Balaban J connectivity index is 1.72. The Morgan fingerprint density at radius 1 is 1.26 bits per heavy atom. The molecule has 4 N–H and O–H groups in total. The maximum atomic E-state index is 11.7. The predicted octanol–water partition coefficient (Wildman–Crippen LogP) is 0.509. The zero-order valence-electron chi connectivity index (χ0n) is 9.86. The number of aromatic nitrogens is 4. The molecule has 0 bridgehead atoms. The Kier molecular flexibility index (Phi) is 2.64. The van der Waals surface area contributed by atoms with Crippen LogP contribution in [-0.2, 0) is 6.54 Å². The molecule has 0 aliphatic heterocycles. The van der Waals surface area contributed by atoms with E-state index in [1.165, 1.54) is 6.20 Å². The summed E-state index contributed by atoms with van der Waals surface area (Å²) in [5.41, 5.74) is 1.55. The van der Waals surface area contributed by atoms with Gasteiger partial charge < -0.3 is 20.3 Å². The van der Waals surface area contributed by atoms with Crippen molar-refractivity contribution < 1.29 is 4.79 Å². The number of hydrogen-bond donors (Lipinski definition) is 4. The van der Waals surface area contributed by atoms with E-state index in [1.54, 1.807) is 0 Å². The van der Waals surface area contributed by atoms with E-state index in [4.69, 9.17) is 0 Å². The van der Waals surface area contributed by atoms with E-state index in [2.05, 4.69) is 25.3 Å². The topological polar surface area (TPSA) is 106 Å². The van der Waals surface area contributed by atoms with Gasteiger partial charge in [0, 0.05) is 6.20 Å². The molecule has 0 saturated carbocycles. The molecule has 0 fully saturated rings. The predicted molar refractivity (Wildman–Crippen MR) is 68.7 cm³/mol. The monoisotopic (exact) mass is 257 g/mol. The third kappa shape index (κ3) is 2.25. The van der Waals surface area contributed by atoms with Crippen molar-refractivity contribution in [2.45, 2.75) is 6.54 Å². The second-order valence-electron chi connectivity index (χ2n) is 4.04. The first-order valence-electron chi connectivity index (χ1n) is 5.72. The molecule has 0 spiro atoms. The average Bonchev–Trinajstić information content (AvgIpc) is 3.01. The van der Waals surface area contributed by atoms with Crippen molar-refractivity contribution in [3.05, 3.63) is 52.5 Å². The van der Waals surface area contributed by atoms with Crippen molar-refractivity contribution in [2.24, 2.45) is 0 Å². The smallest absolute Gasteiger partial charge is 0.323 e.